The number of fused-ring (bicyclic) bond motifs is 2. The third kappa shape index (κ3) is 6.05. The summed E-state index contributed by atoms with van der Waals surface area (Å²) in [7, 11) is 3.98. The zero-order valence-electron chi connectivity index (χ0n) is 22.3. The molecule has 0 aromatic heterocycles. The maximum Gasteiger partial charge on any atom is 0.194 e. The van der Waals surface area contributed by atoms with Crippen molar-refractivity contribution < 1.29 is 14.3 Å². The van der Waals surface area contributed by atoms with Crippen LogP contribution in [0.4, 0.5) is 17.1 Å². The van der Waals surface area contributed by atoms with E-state index in [-0.39, 0.29) is 11.6 Å². The number of aliphatic imine (C=N–C) groups is 2. The predicted molar refractivity (Wildman–Crippen MR) is 164 cm³/mol. The van der Waals surface area contributed by atoms with Crippen molar-refractivity contribution in [2.45, 2.75) is 6.42 Å². The molecule has 0 unspecified atom stereocenters. The van der Waals surface area contributed by atoms with Crippen LogP contribution in [-0.2, 0) is 12.6 Å². The van der Waals surface area contributed by atoms with Crippen LogP contribution in [0.5, 0.6) is 5.75 Å². The summed E-state index contributed by atoms with van der Waals surface area (Å²) < 4.78 is 5.64. The van der Waals surface area contributed by atoms with Crippen molar-refractivity contribution in [1.29, 1.82) is 0 Å². The predicted octanol–water partition coefficient (Wildman–Crippen LogP) is 6.35. The highest BCUT2D eigenvalue weighted by Gasteiger charge is 2.30. The Morgan fingerprint density at radius 2 is 1.20 bits per heavy atom. The highest BCUT2D eigenvalue weighted by molar-refractivity contribution is 7.58. The number of carbonyl (C=O) groups excluding carboxylic acids is 2. The summed E-state index contributed by atoms with van der Waals surface area (Å²) in [5, 5.41) is 0. The Labute approximate surface area is 239 Å². The number of ketones is 2. The molecule has 0 saturated carbocycles. The van der Waals surface area contributed by atoms with Crippen molar-refractivity contribution in [3.63, 3.8) is 0 Å². The van der Waals surface area contributed by atoms with Crippen LogP contribution in [0, 0.1) is 0 Å². The van der Waals surface area contributed by atoms with Gasteiger partial charge in [0.1, 0.15) is 5.75 Å². The SMILES string of the molecule is CN(C)c1ccc(C=Nc2ccc3c(c2)C(=O)c2ccc(N=Cc4ccc(OCCC[S-])cc4)cc2C3=O)cc1. The van der Waals surface area contributed by atoms with E-state index in [1.54, 1.807) is 48.8 Å². The van der Waals surface area contributed by atoms with Gasteiger partial charge in [-0.1, -0.05) is 12.1 Å². The molecule has 0 bridgehead atoms. The van der Waals surface area contributed by atoms with Crippen molar-refractivity contribution in [2.24, 2.45) is 9.98 Å². The molecule has 0 saturated heterocycles. The fourth-order valence-electron chi connectivity index (χ4n) is 4.34. The first-order valence-electron chi connectivity index (χ1n) is 13.0. The van der Waals surface area contributed by atoms with E-state index in [2.05, 4.69) is 9.98 Å². The summed E-state index contributed by atoms with van der Waals surface area (Å²) >= 11 is 4.94. The topological polar surface area (TPSA) is 71.3 Å². The van der Waals surface area contributed by atoms with Crippen molar-refractivity contribution in [1.82, 2.24) is 0 Å². The quantitative estimate of drug-likeness (QED) is 0.122. The zero-order chi connectivity index (χ0) is 28.1. The number of hydrogen-bond donors (Lipinski definition) is 0. The first kappa shape index (κ1) is 27.1. The lowest BCUT2D eigenvalue weighted by Gasteiger charge is -2.18. The normalized spacial score (nSPS) is 12.6. The van der Waals surface area contributed by atoms with Crippen LogP contribution in [0.25, 0.3) is 0 Å². The largest absolute Gasteiger partial charge is 0.792 e. The highest BCUT2D eigenvalue weighted by atomic mass is 32.1. The van der Waals surface area contributed by atoms with Gasteiger partial charge in [0.15, 0.2) is 11.6 Å². The van der Waals surface area contributed by atoms with Crippen molar-refractivity contribution in [2.75, 3.05) is 31.4 Å². The summed E-state index contributed by atoms with van der Waals surface area (Å²) in [6, 6.07) is 25.8. The fraction of sp³-hybridized carbons (Fsp3) is 0.152. The molecule has 5 rings (SSSR count). The molecular weight excluding hydrogens is 518 g/mol. The molecule has 0 atom stereocenters. The molecule has 1 aliphatic rings. The van der Waals surface area contributed by atoms with E-state index in [9.17, 15) is 9.59 Å². The van der Waals surface area contributed by atoms with E-state index in [1.165, 1.54) is 0 Å². The molecule has 4 aromatic rings. The average molecular weight is 547 g/mol. The number of hydrogen-bond acceptors (Lipinski definition) is 7. The third-order valence-electron chi connectivity index (χ3n) is 6.56. The Balaban J connectivity index is 1.32. The maximum atomic E-state index is 13.3. The van der Waals surface area contributed by atoms with Crippen molar-refractivity contribution in [3.8, 4) is 5.75 Å². The van der Waals surface area contributed by atoms with Crippen LogP contribution >= 0.6 is 0 Å². The second-order valence-electron chi connectivity index (χ2n) is 9.60. The van der Waals surface area contributed by atoms with Crippen LogP contribution in [0.3, 0.4) is 0 Å². The molecule has 0 N–H and O–H groups in total. The number of carbonyl (C=O) groups is 2. The Hall–Kier alpha value is -4.49. The van der Waals surface area contributed by atoms with E-state index in [0.717, 1.165) is 29.0 Å². The minimum atomic E-state index is -0.197. The molecule has 0 aliphatic heterocycles. The third-order valence-corrected chi connectivity index (χ3v) is 6.85. The molecule has 0 heterocycles. The molecule has 200 valence electrons. The Bertz CT molecular complexity index is 1610. The summed E-state index contributed by atoms with van der Waals surface area (Å²) in [5.41, 5.74) is 5.60. The standard InChI is InChI=1S/C33H29N3O3S/c1-36(2)26-10-4-22(5-11-26)20-34-24-8-14-28-30(18-24)32(37)29-15-9-25(19-31(29)33(28)38)35-21-23-6-12-27(13-7-23)39-16-3-17-40/h4-15,18-21,40H,3,16-17H2,1-2H3/p-1. The fourth-order valence-corrected chi connectivity index (χ4v) is 4.46. The molecule has 40 heavy (non-hydrogen) atoms. The Morgan fingerprint density at radius 3 is 1.68 bits per heavy atom. The van der Waals surface area contributed by atoms with Gasteiger partial charge in [-0.05, 0) is 90.3 Å². The minimum absolute atomic E-state index is 0.195. The van der Waals surface area contributed by atoms with Crippen LogP contribution in [0.15, 0.2) is 94.9 Å². The van der Waals surface area contributed by atoms with Crippen LogP contribution in [0.2, 0.25) is 0 Å². The van der Waals surface area contributed by atoms with Crippen LogP contribution in [-0.4, -0.2) is 50.5 Å². The summed E-state index contributed by atoms with van der Waals surface area (Å²) in [6.07, 6.45) is 4.30. The minimum Gasteiger partial charge on any atom is -0.792 e. The smallest absolute Gasteiger partial charge is 0.194 e. The Kier molecular flexibility index (Phi) is 8.22. The summed E-state index contributed by atoms with van der Waals surface area (Å²) in [6.45, 7) is 0.599. The highest BCUT2D eigenvalue weighted by Crippen LogP contribution is 2.32. The van der Waals surface area contributed by atoms with Crippen LogP contribution < -0.4 is 9.64 Å². The Morgan fingerprint density at radius 1 is 0.700 bits per heavy atom. The van der Waals surface area contributed by atoms with Crippen molar-refractivity contribution >= 4 is 53.7 Å². The summed E-state index contributed by atoms with van der Waals surface area (Å²) in [5.74, 6) is 1.06. The van der Waals surface area contributed by atoms with Gasteiger partial charge in [0.2, 0.25) is 0 Å². The van der Waals surface area contributed by atoms with E-state index in [4.69, 9.17) is 17.4 Å². The molecule has 1 aliphatic carbocycles. The van der Waals surface area contributed by atoms with Gasteiger partial charge in [0.05, 0.1) is 18.0 Å². The van der Waals surface area contributed by atoms with Gasteiger partial charge in [-0.25, -0.2) is 0 Å². The first-order chi connectivity index (χ1) is 19.4. The van der Waals surface area contributed by atoms with Crippen molar-refractivity contribution in [3.05, 3.63) is 118 Å². The summed E-state index contributed by atoms with van der Waals surface area (Å²) in [4.78, 5) is 37.8. The van der Waals surface area contributed by atoms with E-state index in [1.807, 2.05) is 67.5 Å². The number of anilines is 1. The van der Waals surface area contributed by atoms with Gasteiger partial charge in [0, 0.05) is 54.5 Å². The first-order valence-corrected chi connectivity index (χ1v) is 13.5. The maximum absolute atomic E-state index is 13.3. The second kappa shape index (κ2) is 12.1. The van der Waals surface area contributed by atoms with E-state index < -0.39 is 0 Å². The second-order valence-corrected chi connectivity index (χ2v) is 10.0. The zero-order valence-corrected chi connectivity index (χ0v) is 23.2. The van der Waals surface area contributed by atoms with E-state index >= 15 is 0 Å². The lowest BCUT2D eigenvalue weighted by molar-refractivity contribution is 0.0979. The van der Waals surface area contributed by atoms with Gasteiger partial charge in [-0.2, -0.15) is 5.75 Å². The molecule has 0 spiro atoms. The van der Waals surface area contributed by atoms with Gasteiger partial charge in [-0.3, -0.25) is 19.6 Å². The lowest BCUT2D eigenvalue weighted by Crippen LogP contribution is -2.20. The number of benzene rings is 4. The number of rotatable bonds is 9. The molecule has 4 aromatic carbocycles. The van der Waals surface area contributed by atoms with E-state index in [0.29, 0.717) is 46.0 Å². The average Bonchev–Trinajstić information content (AvgIpc) is 2.98. The monoisotopic (exact) mass is 546 g/mol. The van der Waals surface area contributed by atoms with Gasteiger partial charge >= 0.3 is 0 Å². The van der Waals surface area contributed by atoms with Gasteiger partial charge < -0.3 is 22.3 Å². The molecule has 7 heteroatoms. The lowest BCUT2D eigenvalue weighted by atomic mass is 9.83. The molecule has 0 radical (unpaired) electrons. The molecule has 6 nitrogen and oxygen atoms in total. The van der Waals surface area contributed by atoms with Crippen LogP contribution in [0.1, 0.15) is 49.4 Å². The molecular formula is C33H28N3O3S-. The van der Waals surface area contributed by atoms with Gasteiger partial charge in [0.25, 0.3) is 0 Å². The number of ether oxygens (including phenoxy) is 1. The number of nitrogens with zero attached hydrogens (tertiary/aromatic N) is 3. The van der Waals surface area contributed by atoms with Gasteiger partial charge in [-0.15, -0.1) is 0 Å². The molecule has 0 fully saturated rings. The molecule has 0 amide bonds.